The van der Waals surface area contributed by atoms with Crippen molar-refractivity contribution < 1.29 is 4.79 Å². The number of hydrogen-bond donors (Lipinski definition) is 2. The van der Waals surface area contributed by atoms with Gasteiger partial charge in [-0.3, -0.25) is 4.98 Å². The van der Waals surface area contributed by atoms with Crippen LogP contribution in [-0.2, 0) is 0 Å². The molecule has 2 aliphatic heterocycles. The van der Waals surface area contributed by atoms with Gasteiger partial charge < -0.3 is 15.5 Å². The van der Waals surface area contributed by atoms with Gasteiger partial charge in [0.25, 0.3) is 0 Å². The molecule has 3 rings (SSSR count). The normalized spacial score (nSPS) is 24.5. The molecule has 2 aliphatic rings. The van der Waals surface area contributed by atoms with E-state index in [2.05, 4.69) is 15.6 Å². The average Bonchev–Trinajstić information content (AvgIpc) is 2.82. The Morgan fingerprint density at radius 3 is 2.89 bits per heavy atom. The third kappa shape index (κ3) is 2.87. The summed E-state index contributed by atoms with van der Waals surface area (Å²) >= 11 is 0. The molecular weight excluding hydrogens is 240 g/mol. The van der Waals surface area contributed by atoms with E-state index in [0.29, 0.717) is 5.92 Å². The standard InChI is InChI=1S/C14H20N4O/c19-14-17-13(12-3-1-2-6-16-12)10-18(14)9-11-4-7-15-8-5-11/h1-3,6,11,13,15H,4-5,7-10H2,(H,17,19). The zero-order valence-electron chi connectivity index (χ0n) is 11.0. The average molecular weight is 260 g/mol. The Balaban J connectivity index is 1.60. The maximum absolute atomic E-state index is 12.0. The van der Waals surface area contributed by atoms with Crippen molar-refractivity contribution in [1.82, 2.24) is 20.5 Å². The van der Waals surface area contributed by atoms with Gasteiger partial charge in [0, 0.05) is 19.3 Å². The second-order valence-corrected chi connectivity index (χ2v) is 5.36. The first-order valence-corrected chi connectivity index (χ1v) is 7.00. The van der Waals surface area contributed by atoms with Crippen LogP contribution < -0.4 is 10.6 Å². The lowest BCUT2D eigenvalue weighted by molar-refractivity contribution is 0.201. The van der Waals surface area contributed by atoms with Crippen molar-refractivity contribution in [2.24, 2.45) is 5.92 Å². The van der Waals surface area contributed by atoms with Gasteiger partial charge in [0.1, 0.15) is 0 Å². The third-order valence-corrected chi connectivity index (χ3v) is 3.97. The van der Waals surface area contributed by atoms with E-state index in [9.17, 15) is 4.79 Å². The van der Waals surface area contributed by atoms with Gasteiger partial charge in [-0.2, -0.15) is 0 Å². The Kier molecular flexibility index (Phi) is 3.64. The van der Waals surface area contributed by atoms with E-state index in [1.807, 2.05) is 23.1 Å². The number of rotatable bonds is 3. The first kappa shape index (κ1) is 12.4. The fourth-order valence-electron chi connectivity index (χ4n) is 2.87. The summed E-state index contributed by atoms with van der Waals surface area (Å²) in [5.41, 5.74) is 0.948. The number of carbonyl (C=O) groups is 1. The van der Waals surface area contributed by atoms with Crippen molar-refractivity contribution in [2.45, 2.75) is 18.9 Å². The molecule has 2 amide bonds. The Hall–Kier alpha value is -1.62. The van der Waals surface area contributed by atoms with E-state index in [-0.39, 0.29) is 12.1 Å². The summed E-state index contributed by atoms with van der Waals surface area (Å²) in [6.45, 7) is 3.75. The molecule has 1 aromatic heterocycles. The Bertz CT molecular complexity index is 430. The van der Waals surface area contributed by atoms with Crippen molar-refractivity contribution >= 4 is 6.03 Å². The Labute approximate surface area is 113 Å². The molecule has 1 aromatic rings. The van der Waals surface area contributed by atoms with E-state index < -0.39 is 0 Å². The van der Waals surface area contributed by atoms with Gasteiger partial charge in [-0.1, -0.05) is 6.07 Å². The number of carbonyl (C=O) groups excluding carboxylic acids is 1. The van der Waals surface area contributed by atoms with E-state index in [4.69, 9.17) is 0 Å². The molecule has 0 aromatic carbocycles. The smallest absolute Gasteiger partial charge is 0.318 e. The zero-order valence-corrected chi connectivity index (χ0v) is 11.0. The summed E-state index contributed by atoms with van der Waals surface area (Å²) in [4.78, 5) is 18.3. The molecule has 0 radical (unpaired) electrons. The van der Waals surface area contributed by atoms with Crippen LogP contribution in [0.5, 0.6) is 0 Å². The zero-order chi connectivity index (χ0) is 13.1. The first-order chi connectivity index (χ1) is 9.33. The Morgan fingerprint density at radius 1 is 1.32 bits per heavy atom. The van der Waals surface area contributed by atoms with Crippen LogP contribution in [0.15, 0.2) is 24.4 Å². The predicted octanol–water partition coefficient (Wildman–Crippen LogP) is 1.15. The molecule has 1 atom stereocenters. The number of aromatic nitrogens is 1. The van der Waals surface area contributed by atoms with Gasteiger partial charge in [-0.15, -0.1) is 0 Å². The predicted molar refractivity (Wildman–Crippen MR) is 72.7 cm³/mol. The summed E-state index contributed by atoms with van der Waals surface area (Å²) in [6.07, 6.45) is 4.10. The molecule has 0 spiro atoms. The second-order valence-electron chi connectivity index (χ2n) is 5.36. The minimum absolute atomic E-state index is 0.0374. The van der Waals surface area contributed by atoms with E-state index in [1.165, 1.54) is 0 Å². The van der Waals surface area contributed by atoms with Crippen LogP contribution in [-0.4, -0.2) is 42.1 Å². The van der Waals surface area contributed by atoms with E-state index in [1.54, 1.807) is 6.20 Å². The topological polar surface area (TPSA) is 57.3 Å². The summed E-state index contributed by atoms with van der Waals surface area (Å²) < 4.78 is 0. The Morgan fingerprint density at radius 2 is 2.16 bits per heavy atom. The molecule has 0 aliphatic carbocycles. The molecule has 5 nitrogen and oxygen atoms in total. The fraction of sp³-hybridized carbons (Fsp3) is 0.571. The number of nitrogens with zero attached hydrogens (tertiary/aromatic N) is 2. The van der Waals surface area contributed by atoms with Crippen molar-refractivity contribution in [3.05, 3.63) is 30.1 Å². The molecule has 0 bridgehead atoms. The summed E-state index contributed by atoms with van der Waals surface area (Å²) in [6, 6.07) is 5.92. The lowest BCUT2D eigenvalue weighted by Gasteiger charge is -2.26. The van der Waals surface area contributed by atoms with Crippen molar-refractivity contribution in [3.8, 4) is 0 Å². The van der Waals surface area contributed by atoms with E-state index in [0.717, 1.165) is 44.7 Å². The van der Waals surface area contributed by atoms with Gasteiger partial charge >= 0.3 is 6.03 Å². The highest BCUT2D eigenvalue weighted by molar-refractivity contribution is 5.77. The molecule has 3 heterocycles. The molecule has 2 N–H and O–H groups in total. The summed E-state index contributed by atoms with van der Waals surface area (Å²) in [7, 11) is 0. The van der Waals surface area contributed by atoms with Crippen LogP contribution in [0.25, 0.3) is 0 Å². The fourth-order valence-corrected chi connectivity index (χ4v) is 2.87. The maximum atomic E-state index is 12.0. The van der Waals surface area contributed by atoms with Crippen LogP contribution in [0.1, 0.15) is 24.6 Å². The highest BCUT2D eigenvalue weighted by Gasteiger charge is 2.31. The van der Waals surface area contributed by atoms with Crippen LogP contribution >= 0.6 is 0 Å². The number of hydrogen-bond acceptors (Lipinski definition) is 3. The van der Waals surface area contributed by atoms with Crippen LogP contribution in [0.3, 0.4) is 0 Å². The number of piperidine rings is 1. The van der Waals surface area contributed by atoms with Crippen LogP contribution in [0, 0.1) is 5.92 Å². The highest BCUT2D eigenvalue weighted by atomic mass is 16.2. The number of urea groups is 1. The monoisotopic (exact) mass is 260 g/mol. The van der Waals surface area contributed by atoms with Gasteiger partial charge in [0.2, 0.25) is 0 Å². The minimum atomic E-state index is 0.0374. The molecule has 2 fully saturated rings. The van der Waals surface area contributed by atoms with E-state index >= 15 is 0 Å². The van der Waals surface area contributed by atoms with Gasteiger partial charge in [0.15, 0.2) is 0 Å². The maximum Gasteiger partial charge on any atom is 0.318 e. The summed E-state index contributed by atoms with van der Waals surface area (Å²) in [5, 5.41) is 6.38. The SMILES string of the molecule is O=C1NC(c2ccccn2)CN1CC1CCNCC1. The van der Waals surface area contributed by atoms with Gasteiger partial charge in [0.05, 0.1) is 11.7 Å². The largest absolute Gasteiger partial charge is 0.328 e. The molecule has 5 heteroatoms. The molecule has 1 unspecified atom stereocenters. The molecular formula is C14H20N4O. The van der Waals surface area contributed by atoms with Gasteiger partial charge in [-0.05, 0) is 44.0 Å². The minimum Gasteiger partial charge on any atom is -0.328 e. The lowest BCUT2D eigenvalue weighted by atomic mass is 9.97. The quantitative estimate of drug-likeness (QED) is 0.857. The van der Waals surface area contributed by atoms with Crippen LogP contribution in [0.2, 0.25) is 0 Å². The number of pyridine rings is 1. The van der Waals surface area contributed by atoms with Gasteiger partial charge in [-0.25, -0.2) is 4.79 Å². The number of amides is 2. The first-order valence-electron chi connectivity index (χ1n) is 7.00. The van der Waals surface area contributed by atoms with Crippen molar-refractivity contribution in [2.75, 3.05) is 26.2 Å². The molecule has 19 heavy (non-hydrogen) atoms. The molecule has 2 saturated heterocycles. The molecule has 102 valence electrons. The number of nitrogens with one attached hydrogen (secondary N) is 2. The highest BCUT2D eigenvalue weighted by Crippen LogP contribution is 2.21. The summed E-state index contributed by atoms with van der Waals surface area (Å²) in [5.74, 6) is 0.634. The molecule has 0 saturated carbocycles. The lowest BCUT2D eigenvalue weighted by Crippen LogP contribution is -2.37. The van der Waals surface area contributed by atoms with Crippen molar-refractivity contribution in [1.29, 1.82) is 0 Å². The second kappa shape index (κ2) is 5.57. The third-order valence-electron chi connectivity index (χ3n) is 3.97. The van der Waals surface area contributed by atoms with Crippen molar-refractivity contribution in [3.63, 3.8) is 0 Å². The van der Waals surface area contributed by atoms with Crippen LogP contribution in [0.4, 0.5) is 4.79 Å².